The van der Waals surface area contributed by atoms with Gasteiger partial charge in [0.05, 0.1) is 9.80 Å². The summed E-state index contributed by atoms with van der Waals surface area (Å²) in [5, 5.41) is 0. The molecule has 1 atom stereocenters. The normalized spacial score (nSPS) is 13.3. The average molecular weight is 199 g/mol. The zero-order valence-corrected chi connectivity index (χ0v) is 9.64. The fourth-order valence-electron chi connectivity index (χ4n) is 0. The van der Waals surface area contributed by atoms with Crippen LogP contribution in [0.5, 0.6) is 0 Å². The standard InChI is InChI=1S/C3H9N.C2H6O2S.C2H6O/c1-4(2)3;1-5(2,3)4;1-3-2/h1-3H3;1H2,2H3,(H,3,4);1-2H3. The zero-order valence-electron chi connectivity index (χ0n) is 8.83. The molecule has 0 fully saturated rings. The van der Waals surface area contributed by atoms with Crippen LogP contribution in [0, 0.1) is 0 Å². The van der Waals surface area contributed by atoms with E-state index in [1.54, 1.807) is 14.2 Å². The van der Waals surface area contributed by atoms with Crippen LogP contribution < -0.4 is 0 Å². The molecule has 0 amide bonds. The smallest absolute Gasteiger partial charge is 0.0716 e. The summed E-state index contributed by atoms with van der Waals surface area (Å²) in [7, 11) is 6.58. The van der Waals surface area contributed by atoms with Gasteiger partial charge in [-0.1, -0.05) is 0 Å². The molecule has 0 aliphatic rings. The monoisotopic (exact) mass is 199 g/mol. The van der Waals surface area contributed by atoms with E-state index in [0.29, 0.717) is 0 Å². The number of rotatable bonds is 0. The Bertz CT molecular complexity index is 141. The molecule has 0 aromatic carbocycles. The van der Waals surface area contributed by atoms with Crippen molar-refractivity contribution in [3.8, 4) is 0 Å². The van der Waals surface area contributed by atoms with E-state index in [0.717, 1.165) is 6.26 Å². The minimum absolute atomic E-state index is 1.16. The van der Waals surface area contributed by atoms with E-state index in [2.05, 4.69) is 10.6 Å². The third kappa shape index (κ3) is 78400. The third-order valence-corrected chi connectivity index (χ3v) is 0. The first kappa shape index (κ1) is 17.8. The van der Waals surface area contributed by atoms with Crippen LogP contribution in [0.15, 0.2) is 0 Å². The molecule has 0 aliphatic carbocycles. The lowest BCUT2D eigenvalue weighted by atomic mass is 11.0. The van der Waals surface area contributed by atoms with Gasteiger partial charge in [0.2, 0.25) is 0 Å². The van der Waals surface area contributed by atoms with Crippen molar-refractivity contribution in [2.75, 3.05) is 41.6 Å². The lowest BCUT2D eigenvalue weighted by molar-refractivity contribution is 0.277. The van der Waals surface area contributed by atoms with Gasteiger partial charge in [0.1, 0.15) is 0 Å². The summed E-state index contributed by atoms with van der Waals surface area (Å²) >= 11 is 0. The molecule has 0 rings (SSSR count). The predicted molar refractivity (Wildman–Crippen MR) is 56.4 cm³/mol. The molecule has 0 aliphatic heterocycles. The van der Waals surface area contributed by atoms with Gasteiger partial charge in [-0.05, 0) is 27.0 Å². The molecule has 5 heteroatoms. The summed E-state index contributed by atoms with van der Waals surface area (Å²) in [4.78, 5) is 2.00. The second-order valence-electron chi connectivity index (χ2n) is 2.71. The minimum Gasteiger partial charge on any atom is -0.388 e. The fraction of sp³-hybridized carbons (Fsp3) is 0.857. The van der Waals surface area contributed by atoms with Crippen LogP contribution in [0.25, 0.3) is 0 Å². The second-order valence-corrected chi connectivity index (χ2v) is 4.63. The van der Waals surface area contributed by atoms with Gasteiger partial charge in [0.15, 0.2) is 0 Å². The number of hydrogen-bond donors (Lipinski definition) is 1. The van der Waals surface area contributed by atoms with E-state index in [1.807, 2.05) is 26.0 Å². The Kier molecular flexibility index (Phi) is 16.2. The highest BCUT2D eigenvalue weighted by Crippen LogP contribution is 1.60. The first-order valence-electron chi connectivity index (χ1n) is 3.20. The Hall–Kier alpha value is -0.100. The van der Waals surface area contributed by atoms with Crippen LogP contribution in [0.1, 0.15) is 0 Å². The Morgan fingerprint density at radius 2 is 1.33 bits per heavy atom. The summed E-state index contributed by atoms with van der Waals surface area (Å²) in [5.74, 6) is 2.85. The molecule has 78 valence electrons. The van der Waals surface area contributed by atoms with Gasteiger partial charge >= 0.3 is 0 Å². The van der Waals surface area contributed by atoms with E-state index < -0.39 is 9.80 Å². The van der Waals surface area contributed by atoms with E-state index in [-0.39, 0.29) is 0 Å². The molecule has 0 spiro atoms. The Morgan fingerprint density at radius 3 is 1.33 bits per heavy atom. The van der Waals surface area contributed by atoms with Crippen molar-refractivity contribution < 1.29 is 13.5 Å². The third-order valence-electron chi connectivity index (χ3n) is 0. The number of methoxy groups -OCH3 is 1. The first-order chi connectivity index (χ1) is 5.15. The molecule has 0 saturated carbocycles. The van der Waals surface area contributed by atoms with E-state index in [1.165, 1.54) is 0 Å². The average Bonchev–Trinajstić information content (AvgIpc) is 1.56. The zero-order chi connectivity index (χ0) is 10.8. The lowest BCUT2D eigenvalue weighted by Gasteiger charge is -1.90. The van der Waals surface area contributed by atoms with Crippen molar-refractivity contribution in [3.05, 3.63) is 0 Å². The topological polar surface area (TPSA) is 49.8 Å². The SMILES string of the molecule is C=S(C)(=O)O.CN(C)C.COC. The molecule has 0 aromatic heterocycles. The van der Waals surface area contributed by atoms with E-state index >= 15 is 0 Å². The Balaban J connectivity index is -0.000000105. The minimum atomic E-state index is -2.67. The molecule has 0 radical (unpaired) electrons. The van der Waals surface area contributed by atoms with Crippen LogP contribution in [-0.4, -0.2) is 61.2 Å². The maximum Gasteiger partial charge on any atom is 0.0716 e. The maximum atomic E-state index is 9.63. The summed E-state index contributed by atoms with van der Waals surface area (Å²) in [6, 6.07) is 0. The molecule has 0 aromatic rings. The summed E-state index contributed by atoms with van der Waals surface area (Å²) in [5.41, 5.74) is 0. The van der Waals surface area contributed by atoms with Gasteiger partial charge in [-0.3, -0.25) is 0 Å². The molecule has 1 unspecified atom stereocenters. The molecule has 0 saturated heterocycles. The number of nitrogens with zero attached hydrogens (tertiary/aromatic N) is 1. The predicted octanol–water partition coefficient (Wildman–Crippen LogP) is 0.246. The van der Waals surface area contributed by atoms with Gasteiger partial charge in [0.25, 0.3) is 0 Å². The van der Waals surface area contributed by atoms with Crippen molar-refractivity contribution in [1.29, 1.82) is 0 Å². The Labute approximate surface area is 76.4 Å². The summed E-state index contributed by atoms with van der Waals surface area (Å²) < 4.78 is 21.8. The molecular weight excluding hydrogens is 178 g/mol. The highest BCUT2D eigenvalue weighted by molar-refractivity contribution is 7.94. The van der Waals surface area contributed by atoms with Crippen LogP contribution in [0.2, 0.25) is 0 Å². The van der Waals surface area contributed by atoms with Crippen LogP contribution >= 0.6 is 0 Å². The summed E-state index contributed by atoms with van der Waals surface area (Å²) in [6.45, 7) is 0. The number of hydrogen-bond acceptors (Lipinski definition) is 3. The molecule has 12 heavy (non-hydrogen) atoms. The quantitative estimate of drug-likeness (QED) is 0.568. The van der Waals surface area contributed by atoms with Gasteiger partial charge in [0, 0.05) is 20.5 Å². The lowest BCUT2D eigenvalue weighted by Crippen LogP contribution is -1.99. The maximum absolute atomic E-state index is 9.63. The van der Waals surface area contributed by atoms with Crippen molar-refractivity contribution in [3.63, 3.8) is 0 Å². The van der Waals surface area contributed by atoms with Crippen LogP contribution in [0.4, 0.5) is 0 Å². The Morgan fingerprint density at radius 1 is 1.33 bits per heavy atom. The molecule has 0 heterocycles. The molecule has 1 N–H and O–H groups in total. The fourth-order valence-corrected chi connectivity index (χ4v) is 0. The van der Waals surface area contributed by atoms with Crippen LogP contribution in [-0.2, 0) is 14.5 Å². The van der Waals surface area contributed by atoms with Crippen molar-refractivity contribution in [2.24, 2.45) is 0 Å². The first-order valence-corrected chi connectivity index (χ1v) is 5.30. The van der Waals surface area contributed by atoms with E-state index in [9.17, 15) is 4.21 Å². The number of ether oxygens (including phenoxy) is 1. The van der Waals surface area contributed by atoms with Gasteiger partial charge in [-0.25, -0.2) is 4.21 Å². The molecular formula is C7H21NO3S. The second kappa shape index (κ2) is 10.9. The summed E-state index contributed by atoms with van der Waals surface area (Å²) in [6.07, 6.45) is 1.16. The highest BCUT2D eigenvalue weighted by atomic mass is 32.2. The largest absolute Gasteiger partial charge is 0.388 e. The van der Waals surface area contributed by atoms with Gasteiger partial charge in [-0.2, -0.15) is 0 Å². The van der Waals surface area contributed by atoms with Crippen LogP contribution in [0.3, 0.4) is 0 Å². The van der Waals surface area contributed by atoms with Crippen molar-refractivity contribution in [2.45, 2.75) is 0 Å². The highest BCUT2D eigenvalue weighted by Gasteiger charge is 1.71. The van der Waals surface area contributed by atoms with E-state index in [4.69, 9.17) is 4.55 Å². The van der Waals surface area contributed by atoms with Crippen molar-refractivity contribution in [1.82, 2.24) is 4.90 Å². The molecule has 4 nitrogen and oxygen atoms in total. The molecule has 0 bridgehead atoms. The van der Waals surface area contributed by atoms with Gasteiger partial charge < -0.3 is 14.2 Å². The van der Waals surface area contributed by atoms with Crippen molar-refractivity contribution >= 4 is 15.7 Å². The van der Waals surface area contributed by atoms with Gasteiger partial charge in [-0.15, -0.1) is 0 Å².